The van der Waals surface area contributed by atoms with Gasteiger partial charge in [-0.3, -0.25) is 4.79 Å². The van der Waals surface area contributed by atoms with Gasteiger partial charge in [-0.1, -0.05) is 32.0 Å². The van der Waals surface area contributed by atoms with Gasteiger partial charge in [0.15, 0.2) is 0 Å². The predicted molar refractivity (Wildman–Crippen MR) is 67.5 cm³/mol. The molecule has 1 aromatic carbocycles. The van der Waals surface area contributed by atoms with E-state index < -0.39 is 0 Å². The van der Waals surface area contributed by atoms with Crippen LogP contribution in [0.5, 0.6) is 0 Å². The van der Waals surface area contributed by atoms with Crippen LogP contribution in [0.1, 0.15) is 37.0 Å². The number of hydrogen-bond donors (Lipinski definition) is 0. The average molecular weight is 219 g/mol. The Morgan fingerprint density at radius 2 is 1.88 bits per heavy atom. The molecule has 0 heterocycles. The molecule has 0 radical (unpaired) electrons. The van der Waals surface area contributed by atoms with Crippen molar-refractivity contribution in [3.8, 4) is 0 Å². The number of hydrogen-bond acceptors (Lipinski definition) is 1. The normalized spacial score (nSPS) is 10.5. The van der Waals surface area contributed by atoms with Crippen molar-refractivity contribution in [1.82, 2.24) is 4.90 Å². The van der Waals surface area contributed by atoms with Crippen LogP contribution in [0.3, 0.4) is 0 Å². The largest absolute Gasteiger partial charge is 0.342 e. The third-order valence-corrected chi connectivity index (χ3v) is 2.64. The quantitative estimate of drug-likeness (QED) is 0.744. The highest BCUT2D eigenvalue weighted by Gasteiger charge is 2.10. The maximum Gasteiger partial charge on any atom is 0.253 e. The van der Waals surface area contributed by atoms with E-state index in [2.05, 4.69) is 13.8 Å². The van der Waals surface area contributed by atoms with E-state index in [1.807, 2.05) is 37.4 Å². The lowest BCUT2D eigenvalue weighted by molar-refractivity contribution is 0.0791. The first kappa shape index (κ1) is 12.8. The molecule has 0 unspecified atom stereocenters. The molecular formula is C14H21NO. The molecule has 0 aromatic heterocycles. The van der Waals surface area contributed by atoms with Crippen LogP contribution in [-0.4, -0.2) is 24.4 Å². The summed E-state index contributed by atoms with van der Waals surface area (Å²) in [5.74, 6) is 0.824. The fraction of sp³-hybridized carbons (Fsp3) is 0.500. The number of amides is 1. The van der Waals surface area contributed by atoms with Gasteiger partial charge in [0.05, 0.1) is 0 Å². The molecule has 16 heavy (non-hydrogen) atoms. The highest BCUT2D eigenvalue weighted by Crippen LogP contribution is 2.07. The number of benzene rings is 1. The molecule has 2 nitrogen and oxygen atoms in total. The number of rotatable bonds is 5. The van der Waals surface area contributed by atoms with Crippen molar-refractivity contribution in [3.05, 3.63) is 35.9 Å². The summed E-state index contributed by atoms with van der Waals surface area (Å²) in [5.41, 5.74) is 0.773. The van der Waals surface area contributed by atoms with E-state index in [0.29, 0.717) is 5.92 Å². The third kappa shape index (κ3) is 4.05. The number of carbonyl (C=O) groups is 1. The summed E-state index contributed by atoms with van der Waals surface area (Å²) in [4.78, 5) is 13.7. The lowest BCUT2D eigenvalue weighted by atomic mass is 10.1. The first-order chi connectivity index (χ1) is 7.61. The van der Waals surface area contributed by atoms with Crippen molar-refractivity contribution >= 4 is 5.91 Å². The smallest absolute Gasteiger partial charge is 0.253 e. The third-order valence-electron chi connectivity index (χ3n) is 2.64. The van der Waals surface area contributed by atoms with E-state index >= 15 is 0 Å². The fourth-order valence-electron chi connectivity index (χ4n) is 1.64. The standard InChI is InChI=1S/C14H21NO/c1-12(2)8-7-11-15(3)14(16)13-9-5-4-6-10-13/h4-6,9-10,12H,7-8,11H2,1-3H3. The summed E-state index contributed by atoms with van der Waals surface area (Å²) < 4.78 is 0. The molecule has 0 saturated heterocycles. The Kier molecular flexibility index (Phi) is 5.03. The molecule has 0 saturated carbocycles. The van der Waals surface area contributed by atoms with E-state index in [1.54, 1.807) is 4.90 Å². The minimum Gasteiger partial charge on any atom is -0.342 e. The van der Waals surface area contributed by atoms with E-state index in [0.717, 1.165) is 18.5 Å². The van der Waals surface area contributed by atoms with E-state index in [4.69, 9.17) is 0 Å². The van der Waals surface area contributed by atoms with Gasteiger partial charge in [-0.15, -0.1) is 0 Å². The van der Waals surface area contributed by atoms with Crippen LogP contribution in [0.15, 0.2) is 30.3 Å². The second-order valence-corrected chi connectivity index (χ2v) is 4.63. The van der Waals surface area contributed by atoms with Gasteiger partial charge in [0.2, 0.25) is 0 Å². The lowest BCUT2D eigenvalue weighted by Crippen LogP contribution is -2.27. The maximum absolute atomic E-state index is 11.9. The van der Waals surface area contributed by atoms with Gasteiger partial charge < -0.3 is 4.90 Å². The Morgan fingerprint density at radius 3 is 2.44 bits per heavy atom. The zero-order chi connectivity index (χ0) is 12.0. The topological polar surface area (TPSA) is 20.3 Å². The Hall–Kier alpha value is -1.31. The van der Waals surface area contributed by atoms with Crippen LogP contribution in [0.2, 0.25) is 0 Å². The first-order valence-corrected chi connectivity index (χ1v) is 5.91. The molecule has 0 aliphatic rings. The lowest BCUT2D eigenvalue weighted by Gasteiger charge is -2.17. The summed E-state index contributed by atoms with van der Waals surface area (Å²) in [5, 5.41) is 0. The molecule has 1 amide bonds. The molecule has 88 valence electrons. The van der Waals surface area contributed by atoms with Crippen LogP contribution in [0.4, 0.5) is 0 Å². The van der Waals surface area contributed by atoms with Crippen molar-refractivity contribution in [3.63, 3.8) is 0 Å². The number of carbonyl (C=O) groups excluding carboxylic acids is 1. The van der Waals surface area contributed by atoms with Crippen molar-refractivity contribution < 1.29 is 4.79 Å². The van der Waals surface area contributed by atoms with Gasteiger partial charge in [-0.2, -0.15) is 0 Å². The molecule has 0 aliphatic carbocycles. The van der Waals surface area contributed by atoms with Gasteiger partial charge in [0.1, 0.15) is 0 Å². The summed E-state index contributed by atoms with van der Waals surface area (Å²) in [6.07, 6.45) is 2.25. The highest BCUT2D eigenvalue weighted by molar-refractivity contribution is 5.93. The number of nitrogens with zero attached hydrogens (tertiary/aromatic N) is 1. The monoisotopic (exact) mass is 219 g/mol. The zero-order valence-corrected chi connectivity index (χ0v) is 10.4. The first-order valence-electron chi connectivity index (χ1n) is 5.91. The molecule has 1 aromatic rings. The van der Waals surface area contributed by atoms with Crippen molar-refractivity contribution in [2.45, 2.75) is 26.7 Å². The van der Waals surface area contributed by atoms with Crippen LogP contribution < -0.4 is 0 Å². The van der Waals surface area contributed by atoms with Gasteiger partial charge in [0.25, 0.3) is 5.91 Å². The van der Waals surface area contributed by atoms with Crippen LogP contribution >= 0.6 is 0 Å². The summed E-state index contributed by atoms with van der Waals surface area (Å²) in [7, 11) is 1.87. The van der Waals surface area contributed by atoms with Crippen molar-refractivity contribution in [1.29, 1.82) is 0 Å². The van der Waals surface area contributed by atoms with E-state index in [9.17, 15) is 4.79 Å². The minimum absolute atomic E-state index is 0.115. The summed E-state index contributed by atoms with van der Waals surface area (Å²) in [6, 6.07) is 9.45. The molecule has 1 rings (SSSR count). The predicted octanol–water partition coefficient (Wildman–Crippen LogP) is 3.19. The Labute approximate surface area is 98.3 Å². The molecule has 0 N–H and O–H groups in total. The van der Waals surface area contributed by atoms with E-state index in [1.165, 1.54) is 6.42 Å². The van der Waals surface area contributed by atoms with E-state index in [-0.39, 0.29) is 5.91 Å². The molecule has 2 heteroatoms. The second kappa shape index (κ2) is 6.31. The fourth-order valence-corrected chi connectivity index (χ4v) is 1.64. The SMILES string of the molecule is CC(C)CCCN(C)C(=O)c1ccccc1. The molecule has 0 atom stereocenters. The molecule has 0 aliphatic heterocycles. The maximum atomic E-state index is 11.9. The van der Waals surface area contributed by atoms with Gasteiger partial charge in [-0.05, 0) is 30.9 Å². The Bertz CT molecular complexity index is 319. The Morgan fingerprint density at radius 1 is 1.25 bits per heavy atom. The minimum atomic E-state index is 0.115. The van der Waals surface area contributed by atoms with Crippen molar-refractivity contribution in [2.24, 2.45) is 5.92 Å². The summed E-state index contributed by atoms with van der Waals surface area (Å²) >= 11 is 0. The molecular weight excluding hydrogens is 198 g/mol. The zero-order valence-electron chi connectivity index (χ0n) is 10.4. The highest BCUT2D eigenvalue weighted by atomic mass is 16.2. The molecule has 0 bridgehead atoms. The molecule has 0 spiro atoms. The van der Waals surface area contributed by atoms with Gasteiger partial charge in [0, 0.05) is 19.2 Å². The average Bonchev–Trinajstić information content (AvgIpc) is 2.28. The Balaban J connectivity index is 2.43. The second-order valence-electron chi connectivity index (χ2n) is 4.63. The van der Waals surface area contributed by atoms with Gasteiger partial charge >= 0.3 is 0 Å². The van der Waals surface area contributed by atoms with Crippen LogP contribution in [0.25, 0.3) is 0 Å². The van der Waals surface area contributed by atoms with Crippen LogP contribution in [0, 0.1) is 5.92 Å². The summed E-state index contributed by atoms with van der Waals surface area (Å²) in [6.45, 7) is 5.25. The van der Waals surface area contributed by atoms with Crippen molar-refractivity contribution in [2.75, 3.05) is 13.6 Å². The van der Waals surface area contributed by atoms with Crippen LogP contribution in [-0.2, 0) is 0 Å². The molecule has 0 fully saturated rings. The van der Waals surface area contributed by atoms with Gasteiger partial charge in [-0.25, -0.2) is 0 Å².